The number of ketones is 2. The van der Waals surface area contributed by atoms with Crippen LogP contribution < -0.4 is 15.0 Å². The summed E-state index contributed by atoms with van der Waals surface area (Å²) >= 11 is 6.18. The molecule has 7 heteroatoms. The summed E-state index contributed by atoms with van der Waals surface area (Å²) < 4.78 is 5.44. The van der Waals surface area contributed by atoms with Gasteiger partial charge in [-0.05, 0) is 66.6 Å². The van der Waals surface area contributed by atoms with Gasteiger partial charge in [0.05, 0.1) is 19.1 Å². The average molecular weight is 575 g/mol. The molecule has 7 rings (SSSR count). The van der Waals surface area contributed by atoms with E-state index < -0.39 is 23.4 Å². The summed E-state index contributed by atoms with van der Waals surface area (Å²) in [5.41, 5.74) is 3.52. The number of hydrogen-bond acceptors (Lipinski definition) is 5. The number of Topliss-reactive ketones (excluding diaryl/α,β-unsaturated/α-hetero) is 2. The number of carbonyl (C=O) groups excluding carboxylic acids is 3. The van der Waals surface area contributed by atoms with Crippen molar-refractivity contribution in [3.8, 4) is 5.75 Å². The van der Waals surface area contributed by atoms with E-state index in [2.05, 4.69) is 5.32 Å². The minimum Gasteiger partial charge on any atom is -0.497 e. The number of nitrogens with one attached hydrogen (secondary N) is 1. The normalized spacial score (nSPS) is 23.5. The van der Waals surface area contributed by atoms with Crippen LogP contribution >= 0.6 is 11.6 Å². The molecule has 0 aliphatic carbocycles. The minimum atomic E-state index is -1.38. The largest absolute Gasteiger partial charge is 0.497 e. The van der Waals surface area contributed by atoms with Crippen LogP contribution in [0, 0.1) is 5.92 Å². The predicted octanol–water partition coefficient (Wildman–Crippen LogP) is 6.59. The molecule has 3 heterocycles. The molecule has 1 fully saturated rings. The molecule has 0 aromatic heterocycles. The molecule has 1 saturated heterocycles. The number of allylic oxidation sites excluding steroid dienone is 1. The molecule has 42 heavy (non-hydrogen) atoms. The number of para-hydroxylation sites is 2. The first kappa shape index (κ1) is 26.2. The molecule has 1 N–H and O–H groups in total. The SMILES string of the molecule is COc1cccc(C(=O)[C@@H]2[C@H](C(=O)c3ccc(Cl)cc3)N3c4ccccc4C(C)=C[C@@H]3[C@@]23C(=O)Nc2ccccc23)c1. The lowest BCUT2D eigenvalue weighted by Gasteiger charge is -2.39. The maximum absolute atomic E-state index is 14.9. The van der Waals surface area contributed by atoms with Crippen molar-refractivity contribution in [1.29, 1.82) is 0 Å². The topological polar surface area (TPSA) is 75.7 Å². The number of rotatable bonds is 5. The summed E-state index contributed by atoms with van der Waals surface area (Å²) in [5, 5.41) is 3.57. The number of hydrogen-bond donors (Lipinski definition) is 1. The van der Waals surface area contributed by atoms with E-state index in [-0.39, 0.29) is 17.5 Å². The van der Waals surface area contributed by atoms with Crippen LogP contribution in [0.4, 0.5) is 11.4 Å². The Bertz CT molecular complexity index is 1810. The maximum Gasteiger partial charge on any atom is 0.238 e. The molecular weight excluding hydrogens is 548 g/mol. The van der Waals surface area contributed by atoms with Crippen molar-refractivity contribution in [2.45, 2.75) is 24.4 Å². The molecular formula is C35H27ClN2O4. The fraction of sp³-hybridized carbons (Fsp3) is 0.171. The second-order valence-corrected chi connectivity index (χ2v) is 11.4. The smallest absolute Gasteiger partial charge is 0.238 e. The molecule has 0 bridgehead atoms. The first-order chi connectivity index (χ1) is 20.4. The molecule has 3 aliphatic rings. The third-order valence-electron chi connectivity index (χ3n) is 8.92. The van der Waals surface area contributed by atoms with Crippen molar-refractivity contribution in [1.82, 2.24) is 0 Å². The number of anilines is 2. The van der Waals surface area contributed by atoms with Crippen LogP contribution in [0.25, 0.3) is 5.57 Å². The highest BCUT2D eigenvalue weighted by Gasteiger charge is 2.70. The van der Waals surface area contributed by atoms with Gasteiger partial charge in [0.2, 0.25) is 5.91 Å². The Hall–Kier alpha value is -4.68. The number of benzene rings is 4. The Balaban J connectivity index is 1.55. The molecule has 4 aromatic carbocycles. The van der Waals surface area contributed by atoms with E-state index in [9.17, 15) is 14.4 Å². The summed E-state index contributed by atoms with van der Waals surface area (Å²) in [6.45, 7) is 2.01. The van der Waals surface area contributed by atoms with Crippen LogP contribution in [0.15, 0.2) is 103 Å². The Labute approximate surface area is 248 Å². The van der Waals surface area contributed by atoms with Crippen LogP contribution in [0.5, 0.6) is 5.75 Å². The maximum atomic E-state index is 14.9. The first-order valence-corrected chi connectivity index (χ1v) is 14.2. The second kappa shape index (κ2) is 9.71. The Morgan fingerprint density at radius 2 is 1.62 bits per heavy atom. The van der Waals surface area contributed by atoms with Gasteiger partial charge in [-0.2, -0.15) is 0 Å². The van der Waals surface area contributed by atoms with E-state index in [0.717, 1.165) is 16.8 Å². The van der Waals surface area contributed by atoms with Crippen LogP contribution in [-0.4, -0.2) is 36.7 Å². The van der Waals surface area contributed by atoms with Gasteiger partial charge in [0.25, 0.3) is 0 Å². The molecule has 1 amide bonds. The molecule has 6 nitrogen and oxygen atoms in total. The highest BCUT2D eigenvalue weighted by atomic mass is 35.5. The van der Waals surface area contributed by atoms with Crippen LogP contribution in [0.2, 0.25) is 5.02 Å². The summed E-state index contributed by atoms with van der Waals surface area (Å²) in [6.07, 6.45) is 2.05. The van der Waals surface area contributed by atoms with Gasteiger partial charge in [-0.1, -0.05) is 66.2 Å². The van der Waals surface area contributed by atoms with Gasteiger partial charge in [0.1, 0.15) is 17.2 Å². The lowest BCUT2D eigenvalue weighted by molar-refractivity contribution is -0.121. The van der Waals surface area contributed by atoms with Crippen LogP contribution in [0.1, 0.15) is 38.8 Å². The first-order valence-electron chi connectivity index (χ1n) is 13.8. The van der Waals surface area contributed by atoms with Gasteiger partial charge in [-0.15, -0.1) is 0 Å². The fourth-order valence-corrected chi connectivity index (χ4v) is 7.25. The van der Waals surface area contributed by atoms with Crippen molar-refractivity contribution < 1.29 is 19.1 Å². The number of methoxy groups -OCH3 is 1. The quantitative estimate of drug-likeness (QED) is 0.272. The zero-order valence-corrected chi connectivity index (χ0v) is 23.8. The molecule has 3 aliphatic heterocycles. The molecule has 4 atom stereocenters. The molecule has 0 radical (unpaired) electrons. The summed E-state index contributed by atoms with van der Waals surface area (Å²) in [4.78, 5) is 46.1. The van der Waals surface area contributed by atoms with E-state index in [4.69, 9.17) is 16.3 Å². The second-order valence-electron chi connectivity index (χ2n) is 11.0. The van der Waals surface area contributed by atoms with Crippen LogP contribution in [-0.2, 0) is 10.2 Å². The van der Waals surface area contributed by atoms with Gasteiger partial charge < -0.3 is 15.0 Å². The van der Waals surface area contributed by atoms with Crippen molar-refractivity contribution >= 4 is 46.0 Å². The van der Waals surface area contributed by atoms with Gasteiger partial charge in [-0.25, -0.2) is 0 Å². The van der Waals surface area contributed by atoms with Crippen molar-refractivity contribution in [3.05, 3.63) is 130 Å². The highest BCUT2D eigenvalue weighted by molar-refractivity contribution is 6.30. The number of fused-ring (bicyclic) bond motifs is 6. The zero-order chi connectivity index (χ0) is 29.2. The molecule has 0 saturated carbocycles. The van der Waals surface area contributed by atoms with E-state index in [1.54, 1.807) is 55.6 Å². The summed E-state index contributed by atoms with van der Waals surface area (Å²) in [6, 6.07) is 27.3. The third kappa shape index (κ3) is 3.61. The number of carbonyl (C=O) groups is 3. The Morgan fingerprint density at radius 1 is 0.881 bits per heavy atom. The van der Waals surface area contributed by atoms with Crippen LogP contribution in [0.3, 0.4) is 0 Å². The number of amides is 1. The van der Waals surface area contributed by atoms with Gasteiger partial charge in [-0.3, -0.25) is 14.4 Å². The monoisotopic (exact) mass is 574 g/mol. The minimum absolute atomic E-state index is 0.255. The molecule has 0 unspecified atom stereocenters. The molecule has 4 aromatic rings. The van der Waals surface area contributed by atoms with Gasteiger partial charge >= 0.3 is 0 Å². The molecule has 1 spiro atoms. The zero-order valence-electron chi connectivity index (χ0n) is 23.0. The van der Waals surface area contributed by atoms with E-state index >= 15 is 0 Å². The van der Waals surface area contributed by atoms with E-state index in [1.165, 1.54) is 0 Å². The van der Waals surface area contributed by atoms with Crippen molar-refractivity contribution in [3.63, 3.8) is 0 Å². The van der Waals surface area contributed by atoms with Gasteiger partial charge in [0, 0.05) is 33.1 Å². The van der Waals surface area contributed by atoms with E-state index in [0.29, 0.717) is 33.1 Å². The number of nitrogens with zero attached hydrogens (tertiary/aromatic N) is 1. The van der Waals surface area contributed by atoms with E-state index in [1.807, 2.05) is 66.4 Å². The predicted molar refractivity (Wildman–Crippen MR) is 163 cm³/mol. The van der Waals surface area contributed by atoms with Crippen molar-refractivity contribution in [2.75, 3.05) is 17.3 Å². The fourth-order valence-electron chi connectivity index (χ4n) is 7.13. The highest BCUT2D eigenvalue weighted by Crippen LogP contribution is 2.58. The summed E-state index contributed by atoms with van der Waals surface area (Å²) in [5.74, 6) is -1.39. The molecule has 208 valence electrons. The summed E-state index contributed by atoms with van der Waals surface area (Å²) in [7, 11) is 1.54. The number of halogens is 1. The lowest BCUT2D eigenvalue weighted by Crippen LogP contribution is -2.51. The third-order valence-corrected chi connectivity index (χ3v) is 9.17. The Morgan fingerprint density at radius 3 is 2.40 bits per heavy atom. The Kier molecular flexibility index (Phi) is 6.06. The lowest BCUT2D eigenvalue weighted by atomic mass is 9.64. The standard InChI is InChI=1S/C35H27ClN2O4/c1-20-18-29-35(26-11-4-5-12-27(26)37-34(35)41)30(32(39)22-8-7-9-24(19-22)42-2)31(33(40)21-14-16-23(36)17-15-21)38(29)28-13-6-3-10-25(20)28/h3-19,29-31H,1-2H3,(H,37,41)/t29-,30+,31-,35-/m1/s1. The van der Waals surface area contributed by atoms with Gasteiger partial charge in [0.15, 0.2) is 11.6 Å². The average Bonchev–Trinajstić information content (AvgIpc) is 3.49. The van der Waals surface area contributed by atoms with Crippen molar-refractivity contribution in [2.24, 2.45) is 5.92 Å². The number of ether oxygens (including phenoxy) is 1.